The van der Waals surface area contributed by atoms with Crippen LogP contribution in [0.1, 0.15) is 19.8 Å². The second kappa shape index (κ2) is 5.98. The molecule has 2 N–H and O–H groups in total. The fourth-order valence-corrected chi connectivity index (χ4v) is 1.62. The van der Waals surface area contributed by atoms with Gasteiger partial charge in [-0.3, -0.25) is 4.79 Å². The van der Waals surface area contributed by atoms with Crippen molar-refractivity contribution in [1.29, 1.82) is 0 Å². The minimum Gasteiger partial charge on any atom is -0.381 e. The van der Waals surface area contributed by atoms with Gasteiger partial charge in [-0.05, 0) is 32.2 Å². The average Bonchev–Trinajstić information content (AvgIpc) is 2.69. The molecule has 0 bridgehead atoms. The minimum absolute atomic E-state index is 0.0488. The molecule has 0 aliphatic carbocycles. The molecule has 1 heterocycles. The molecule has 0 radical (unpaired) electrons. The summed E-state index contributed by atoms with van der Waals surface area (Å²) in [7, 11) is 1.66. The first-order valence-corrected chi connectivity index (χ1v) is 5.26. The summed E-state index contributed by atoms with van der Waals surface area (Å²) in [6.07, 6.45) is 2.26. The van der Waals surface area contributed by atoms with Crippen molar-refractivity contribution < 1.29 is 9.53 Å². The highest BCUT2D eigenvalue weighted by atomic mass is 16.5. The van der Waals surface area contributed by atoms with E-state index in [9.17, 15) is 4.79 Å². The number of likely N-dealkylation sites (N-methyl/N-ethyl adjacent to an activating group) is 1. The first kappa shape index (κ1) is 11.5. The molecule has 1 aliphatic rings. The van der Waals surface area contributed by atoms with E-state index in [2.05, 4.69) is 10.6 Å². The summed E-state index contributed by atoms with van der Waals surface area (Å²) >= 11 is 0. The van der Waals surface area contributed by atoms with Gasteiger partial charge in [0.25, 0.3) is 0 Å². The Kier molecular flexibility index (Phi) is 4.90. The van der Waals surface area contributed by atoms with E-state index in [1.54, 1.807) is 7.05 Å². The van der Waals surface area contributed by atoms with E-state index < -0.39 is 0 Å². The number of ether oxygens (including phenoxy) is 1. The van der Waals surface area contributed by atoms with E-state index in [-0.39, 0.29) is 11.9 Å². The predicted molar refractivity (Wildman–Crippen MR) is 55.1 cm³/mol. The second-order valence-electron chi connectivity index (χ2n) is 3.81. The quantitative estimate of drug-likeness (QED) is 0.663. The van der Waals surface area contributed by atoms with Gasteiger partial charge >= 0.3 is 0 Å². The monoisotopic (exact) mass is 200 g/mol. The van der Waals surface area contributed by atoms with Crippen LogP contribution in [0, 0.1) is 5.92 Å². The number of nitrogens with one attached hydrogen (secondary N) is 2. The molecule has 1 rings (SSSR count). The molecule has 1 amide bonds. The van der Waals surface area contributed by atoms with Crippen LogP contribution in [0.4, 0.5) is 0 Å². The molecule has 0 aromatic heterocycles. The molecule has 14 heavy (non-hydrogen) atoms. The first-order chi connectivity index (χ1) is 6.74. The van der Waals surface area contributed by atoms with Crippen molar-refractivity contribution in [2.75, 3.05) is 26.8 Å². The van der Waals surface area contributed by atoms with Crippen LogP contribution in [-0.4, -0.2) is 38.8 Å². The Bertz CT molecular complexity index is 179. The van der Waals surface area contributed by atoms with Gasteiger partial charge in [0.05, 0.1) is 6.04 Å². The van der Waals surface area contributed by atoms with Gasteiger partial charge in [0.2, 0.25) is 5.91 Å². The highest BCUT2D eigenvalue weighted by Gasteiger charge is 2.16. The van der Waals surface area contributed by atoms with Gasteiger partial charge in [0.1, 0.15) is 0 Å². The topological polar surface area (TPSA) is 50.4 Å². The third-order valence-electron chi connectivity index (χ3n) is 2.67. The molecular weight excluding hydrogens is 180 g/mol. The van der Waals surface area contributed by atoms with Gasteiger partial charge in [0, 0.05) is 20.3 Å². The van der Waals surface area contributed by atoms with E-state index in [1.165, 1.54) is 0 Å². The second-order valence-corrected chi connectivity index (χ2v) is 3.81. The van der Waals surface area contributed by atoms with Crippen LogP contribution in [0.5, 0.6) is 0 Å². The molecule has 4 heteroatoms. The zero-order valence-corrected chi connectivity index (χ0v) is 9.01. The molecule has 0 aromatic carbocycles. The van der Waals surface area contributed by atoms with Crippen LogP contribution in [0.2, 0.25) is 0 Å². The number of rotatable bonds is 5. The van der Waals surface area contributed by atoms with E-state index in [0.29, 0.717) is 5.92 Å². The molecule has 2 unspecified atom stereocenters. The van der Waals surface area contributed by atoms with Crippen LogP contribution < -0.4 is 10.6 Å². The van der Waals surface area contributed by atoms with E-state index in [1.807, 2.05) is 6.92 Å². The highest BCUT2D eigenvalue weighted by Crippen LogP contribution is 2.15. The third kappa shape index (κ3) is 3.64. The van der Waals surface area contributed by atoms with Crippen molar-refractivity contribution >= 4 is 5.91 Å². The normalized spacial score (nSPS) is 23.4. The van der Waals surface area contributed by atoms with Gasteiger partial charge in [-0.15, -0.1) is 0 Å². The Balaban J connectivity index is 2.05. The molecule has 2 atom stereocenters. The molecule has 1 fully saturated rings. The Morgan fingerprint density at radius 1 is 1.64 bits per heavy atom. The largest absolute Gasteiger partial charge is 0.381 e. The number of carbonyl (C=O) groups is 1. The van der Waals surface area contributed by atoms with Crippen molar-refractivity contribution in [2.45, 2.75) is 25.8 Å². The smallest absolute Gasteiger partial charge is 0.236 e. The van der Waals surface area contributed by atoms with Crippen molar-refractivity contribution in [1.82, 2.24) is 10.6 Å². The summed E-state index contributed by atoms with van der Waals surface area (Å²) in [6, 6.07) is -0.0951. The van der Waals surface area contributed by atoms with Gasteiger partial charge in [-0.1, -0.05) is 0 Å². The van der Waals surface area contributed by atoms with E-state index in [0.717, 1.165) is 32.6 Å². The van der Waals surface area contributed by atoms with Crippen LogP contribution >= 0.6 is 0 Å². The SMILES string of the molecule is CNC(=O)C(C)NCCC1CCOC1. The molecule has 1 saturated heterocycles. The van der Waals surface area contributed by atoms with Crippen LogP contribution in [-0.2, 0) is 9.53 Å². The van der Waals surface area contributed by atoms with Gasteiger partial charge in [-0.25, -0.2) is 0 Å². The minimum atomic E-state index is -0.0951. The number of hydrogen-bond acceptors (Lipinski definition) is 3. The number of hydrogen-bond donors (Lipinski definition) is 2. The molecular formula is C10H20N2O2. The van der Waals surface area contributed by atoms with Crippen molar-refractivity contribution in [2.24, 2.45) is 5.92 Å². The maximum absolute atomic E-state index is 11.1. The fraction of sp³-hybridized carbons (Fsp3) is 0.900. The highest BCUT2D eigenvalue weighted by molar-refractivity contribution is 5.80. The Labute approximate surface area is 85.4 Å². The molecule has 4 nitrogen and oxygen atoms in total. The van der Waals surface area contributed by atoms with Crippen LogP contribution in [0.25, 0.3) is 0 Å². The van der Waals surface area contributed by atoms with E-state index >= 15 is 0 Å². The summed E-state index contributed by atoms with van der Waals surface area (Å²) in [6.45, 7) is 4.55. The van der Waals surface area contributed by atoms with E-state index in [4.69, 9.17) is 4.74 Å². The Hall–Kier alpha value is -0.610. The van der Waals surface area contributed by atoms with Gasteiger partial charge in [-0.2, -0.15) is 0 Å². The number of amides is 1. The summed E-state index contributed by atoms with van der Waals surface area (Å²) in [4.78, 5) is 11.1. The lowest BCUT2D eigenvalue weighted by Gasteiger charge is -2.13. The maximum atomic E-state index is 11.1. The third-order valence-corrected chi connectivity index (χ3v) is 2.67. The van der Waals surface area contributed by atoms with Crippen molar-refractivity contribution in [3.05, 3.63) is 0 Å². The lowest BCUT2D eigenvalue weighted by atomic mass is 10.1. The Morgan fingerprint density at radius 2 is 2.43 bits per heavy atom. The fourth-order valence-electron chi connectivity index (χ4n) is 1.62. The lowest BCUT2D eigenvalue weighted by Crippen LogP contribution is -2.41. The first-order valence-electron chi connectivity index (χ1n) is 5.26. The lowest BCUT2D eigenvalue weighted by molar-refractivity contribution is -0.122. The van der Waals surface area contributed by atoms with Crippen molar-refractivity contribution in [3.63, 3.8) is 0 Å². The molecule has 82 valence electrons. The Morgan fingerprint density at radius 3 is 3.00 bits per heavy atom. The molecule has 0 aromatic rings. The van der Waals surface area contributed by atoms with Crippen LogP contribution in [0.3, 0.4) is 0 Å². The zero-order valence-electron chi connectivity index (χ0n) is 9.01. The predicted octanol–water partition coefficient (Wildman–Crippen LogP) is 0.137. The summed E-state index contributed by atoms with van der Waals surface area (Å²) in [5.41, 5.74) is 0. The standard InChI is InChI=1S/C10H20N2O2/c1-8(10(13)11-2)12-5-3-9-4-6-14-7-9/h8-9,12H,3-7H2,1-2H3,(H,11,13). The van der Waals surface area contributed by atoms with Crippen molar-refractivity contribution in [3.8, 4) is 0 Å². The molecule has 0 saturated carbocycles. The maximum Gasteiger partial charge on any atom is 0.236 e. The molecule has 0 spiro atoms. The number of carbonyl (C=O) groups excluding carboxylic acids is 1. The average molecular weight is 200 g/mol. The van der Waals surface area contributed by atoms with Gasteiger partial charge < -0.3 is 15.4 Å². The molecule has 1 aliphatic heterocycles. The summed E-state index contributed by atoms with van der Waals surface area (Å²) in [5.74, 6) is 0.729. The zero-order chi connectivity index (χ0) is 10.4. The summed E-state index contributed by atoms with van der Waals surface area (Å²) < 4.78 is 5.28. The van der Waals surface area contributed by atoms with Gasteiger partial charge in [0.15, 0.2) is 0 Å². The summed E-state index contributed by atoms with van der Waals surface area (Å²) in [5, 5.41) is 5.81. The van der Waals surface area contributed by atoms with Crippen LogP contribution in [0.15, 0.2) is 0 Å².